The molecule has 0 saturated carbocycles. The summed E-state index contributed by atoms with van der Waals surface area (Å²) in [4.78, 5) is 25.4. The highest BCUT2D eigenvalue weighted by molar-refractivity contribution is 5.95. The molecule has 1 saturated heterocycles. The highest BCUT2D eigenvalue weighted by atomic mass is 16.6. The van der Waals surface area contributed by atoms with Crippen LogP contribution in [0.4, 0.5) is 4.79 Å². The molecule has 2 heterocycles. The molecule has 0 spiro atoms. The van der Waals surface area contributed by atoms with Crippen LogP contribution in [-0.4, -0.2) is 45.3 Å². The highest BCUT2D eigenvalue weighted by Crippen LogP contribution is 2.34. The first-order chi connectivity index (χ1) is 12.2. The molecular weight excluding hydrogens is 332 g/mol. The second kappa shape index (κ2) is 6.67. The Morgan fingerprint density at radius 2 is 1.85 bits per heavy atom. The molecule has 3 rings (SSSR count). The first kappa shape index (κ1) is 18.3. The van der Waals surface area contributed by atoms with Crippen LogP contribution in [0.15, 0.2) is 24.3 Å². The van der Waals surface area contributed by atoms with Crippen molar-refractivity contribution in [2.24, 2.45) is 7.05 Å². The van der Waals surface area contributed by atoms with Gasteiger partial charge in [0.1, 0.15) is 11.3 Å². The Kier molecular flexibility index (Phi) is 4.69. The van der Waals surface area contributed by atoms with Gasteiger partial charge in [-0.15, -0.1) is 0 Å². The van der Waals surface area contributed by atoms with Crippen molar-refractivity contribution in [3.63, 3.8) is 0 Å². The number of ether oxygens (including phenoxy) is 1. The van der Waals surface area contributed by atoms with Gasteiger partial charge < -0.3 is 19.3 Å². The second-order valence-electron chi connectivity index (χ2n) is 7.92. The summed E-state index contributed by atoms with van der Waals surface area (Å²) in [5.74, 6) is -0.623. The van der Waals surface area contributed by atoms with Crippen molar-refractivity contribution in [2.75, 3.05) is 13.1 Å². The molecule has 0 bridgehead atoms. The Balaban J connectivity index is 1.80. The first-order valence-corrected chi connectivity index (χ1v) is 8.97. The smallest absolute Gasteiger partial charge is 0.410 e. The number of carboxylic acid groups (broad SMARTS) is 1. The van der Waals surface area contributed by atoms with Gasteiger partial charge in [-0.2, -0.15) is 0 Å². The summed E-state index contributed by atoms with van der Waals surface area (Å²) in [5.41, 5.74) is 1.93. The zero-order valence-corrected chi connectivity index (χ0v) is 15.8. The Morgan fingerprint density at radius 3 is 2.42 bits per heavy atom. The van der Waals surface area contributed by atoms with Crippen molar-refractivity contribution < 1.29 is 19.4 Å². The molecule has 1 N–H and O–H groups in total. The summed E-state index contributed by atoms with van der Waals surface area (Å²) in [6.45, 7) is 6.90. The normalized spacial score (nSPS) is 16.1. The lowest BCUT2D eigenvalue weighted by molar-refractivity contribution is 0.0205. The maximum Gasteiger partial charge on any atom is 0.410 e. The predicted octanol–water partition coefficient (Wildman–Crippen LogP) is 3.99. The summed E-state index contributed by atoms with van der Waals surface area (Å²) in [5, 5.41) is 10.3. The van der Waals surface area contributed by atoms with Crippen LogP contribution in [0.3, 0.4) is 0 Å². The van der Waals surface area contributed by atoms with Crippen LogP contribution in [0, 0.1) is 0 Å². The topological polar surface area (TPSA) is 71.8 Å². The molecule has 0 unspecified atom stereocenters. The van der Waals surface area contributed by atoms with Gasteiger partial charge in [0.05, 0.1) is 5.52 Å². The largest absolute Gasteiger partial charge is 0.477 e. The molecule has 1 aromatic carbocycles. The van der Waals surface area contributed by atoms with Gasteiger partial charge in [0.2, 0.25) is 0 Å². The van der Waals surface area contributed by atoms with E-state index in [2.05, 4.69) is 6.07 Å². The number of amides is 1. The number of aryl methyl sites for hydroxylation is 1. The lowest BCUT2D eigenvalue weighted by Crippen LogP contribution is -2.41. The molecule has 6 nitrogen and oxygen atoms in total. The molecule has 1 aliphatic rings. The maximum atomic E-state index is 12.2. The van der Waals surface area contributed by atoms with E-state index in [1.54, 1.807) is 22.6 Å². The van der Waals surface area contributed by atoms with Crippen LogP contribution in [-0.2, 0) is 11.8 Å². The number of carbonyl (C=O) groups excluding carboxylic acids is 1. The number of para-hydroxylation sites is 1. The monoisotopic (exact) mass is 358 g/mol. The number of fused-ring (bicyclic) bond motifs is 1. The van der Waals surface area contributed by atoms with E-state index in [1.807, 2.05) is 32.9 Å². The van der Waals surface area contributed by atoms with E-state index in [1.165, 1.54) is 0 Å². The van der Waals surface area contributed by atoms with Gasteiger partial charge in [0.25, 0.3) is 0 Å². The van der Waals surface area contributed by atoms with Crippen LogP contribution in [0.25, 0.3) is 10.9 Å². The predicted molar refractivity (Wildman–Crippen MR) is 99.7 cm³/mol. The Labute approximate surface area is 153 Å². The molecule has 1 amide bonds. The van der Waals surface area contributed by atoms with Crippen LogP contribution < -0.4 is 0 Å². The molecule has 6 heteroatoms. The van der Waals surface area contributed by atoms with Crippen molar-refractivity contribution in [1.29, 1.82) is 0 Å². The fourth-order valence-electron chi connectivity index (χ4n) is 3.68. The van der Waals surface area contributed by atoms with Crippen LogP contribution in [0.2, 0.25) is 0 Å². The van der Waals surface area contributed by atoms with E-state index in [9.17, 15) is 14.7 Å². The molecule has 0 radical (unpaired) electrons. The SMILES string of the molecule is Cn1c(C(=O)O)cc2cccc(C3CCN(C(=O)OC(C)(C)C)CC3)c21. The summed E-state index contributed by atoms with van der Waals surface area (Å²) in [6, 6.07) is 7.71. The average molecular weight is 358 g/mol. The summed E-state index contributed by atoms with van der Waals surface area (Å²) < 4.78 is 7.21. The quantitative estimate of drug-likeness (QED) is 0.881. The molecule has 1 aliphatic heterocycles. The van der Waals surface area contributed by atoms with Crippen molar-refractivity contribution in [3.8, 4) is 0 Å². The molecule has 26 heavy (non-hydrogen) atoms. The number of hydrogen-bond donors (Lipinski definition) is 1. The summed E-state index contributed by atoms with van der Waals surface area (Å²) in [7, 11) is 1.80. The van der Waals surface area contributed by atoms with Gasteiger partial charge in [-0.25, -0.2) is 9.59 Å². The van der Waals surface area contributed by atoms with Crippen LogP contribution in [0.5, 0.6) is 0 Å². The van der Waals surface area contributed by atoms with E-state index in [4.69, 9.17) is 4.74 Å². The van der Waals surface area contributed by atoms with Gasteiger partial charge in [-0.3, -0.25) is 0 Å². The number of aromatic nitrogens is 1. The molecule has 1 aromatic heterocycles. The lowest BCUT2D eigenvalue weighted by Gasteiger charge is -2.34. The standard InChI is InChI=1S/C20H26N2O4/c1-20(2,3)26-19(25)22-10-8-13(9-11-22)15-7-5-6-14-12-16(18(23)24)21(4)17(14)15/h5-7,12-13H,8-11H2,1-4H3,(H,23,24). The molecule has 1 fully saturated rings. The molecule has 2 aromatic rings. The van der Waals surface area contributed by atoms with Crippen LogP contribution in [0.1, 0.15) is 55.6 Å². The lowest BCUT2D eigenvalue weighted by atomic mass is 9.88. The second-order valence-corrected chi connectivity index (χ2v) is 7.92. The van der Waals surface area contributed by atoms with Gasteiger partial charge >= 0.3 is 12.1 Å². The number of likely N-dealkylation sites (tertiary alicyclic amines) is 1. The van der Waals surface area contributed by atoms with Crippen molar-refractivity contribution in [3.05, 3.63) is 35.5 Å². The fraction of sp³-hybridized carbons (Fsp3) is 0.500. The van der Waals surface area contributed by atoms with Crippen molar-refractivity contribution >= 4 is 23.0 Å². The first-order valence-electron chi connectivity index (χ1n) is 8.97. The van der Waals surface area contributed by atoms with Gasteiger partial charge in [0.15, 0.2) is 0 Å². The summed E-state index contributed by atoms with van der Waals surface area (Å²) >= 11 is 0. The highest BCUT2D eigenvalue weighted by Gasteiger charge is 2.29. The molecule has 0 atom stereocenters. The minimum absolute atomic E-state index is 0.263. The number of rotatable bonds is 2. The minimum atomic E-state index is -0.922. The molecule has 140 valence electrons. The number of aromatic carboxylic acids is 1. The summed E-state index contributed by atoms with van der Waals surface area (Å²) in [6.07, 6.45) is 1.42. The molecular formula is C20H26N2O4. The Bertz CT molecular complexity index is 839. The maximum absolute atomic E-state index is 12.2. The average Bonchev–Trinajstić information content (AvgIpc) is 2.91. The fourth-order valence-corrected chi connectivity index (χ4v) is 3.68. The Morgan fingerprint density at radius 1 is 1.19 bits per heavy atom. The zero-order valence-electron chi connectivity index (χ0n) is 15.8. The Hall–Kier alpha value is -2.50. The number of carboxylic acids is 1. The number of benzene rings is 1. The minimum Gasteiger partial charge on any atom is -0.477 e. The van der Waals surface area contributed by atoms with Gasteiger partial charge in [-0.05, 0) is 51.2 Å². The van der Waals surface area contributed by atoms with E-state index in [0.29, 0.717) is 24.7 Å². The third-order valence-electron chi connectivity index (χ3n) is 4.89. The van der Waals surface area contributed by atoms with E-state index in [0.717, 1.165) is 29.3 Å². The number of nitrogens with zero attached hydrogens (tertiary/aromatic N) is 2. The van der Waals surface area contributed by atoms with E-state index in [-0.39, 0.29) is 6.09 Å². The molecule has 0 aliphatic carbocycles. The van der Waals surface area contributed by atoms with E-state index >= 15 is 0 Å². The van der Waals surface area contributed by atoms with Gasteiger partial charge in [-0.1, -0.05) is 18.2 Å². The van der Waals surface area contributed by atoms with Gasteiger partial charge in [0, 0.05) is 25.5 Å². The van der Waals surface area contributed by atoms with Crippen LogP contribution >= 0.6 is 0 Å². The number of carbonyl (C=O) groups is 2. The third kappa shape index (κ3) is 3.54. The van der Waals surface area contributed by atoms with Crippen molar-refractivity contribution in [2.45, 2.75) is 45.1 Å². The van der Waals surface area contributed by atoms with Crippen molar-refractivity contribution in [1.82, 2.24) is 9.47 Å². The van der Waals surface area contributed by atoms with E-state index < -0.39 is 11.6 Å². The number of hydrogen-bond acceptors (Lipinski definition) is 3. The zero-order chi connectivity index (χ0) is 19.1. The third-order valence-corrected chi connectivity index (χ3v) is 4.89. The number of piperidine rings is 1.